The van der Waals surface area contributed by atoms with Crippen molar-refractivity contribution in [3.8, 4) is 17.0 Å². The number of aromatic nitrogens is 2. The van der Waals surface area contributed by atoms with E-state index in [2.05, 4.69) is 18.2 Å². The predicted molar refractivity (Wildman–Crippen MR) is 90.3 cm³/mol. The van der Waals surface area contributed by atoms with E-state index in [1.54, 1.807) is 0 Å². The van der Waals surface area contributed by atoms with Gasteiger partial charge in [-0.2, -0.15) is 0 Å². The number of hydrogen-bond donors (Lipinski definition) is 1. The number of nitrogens with two attached hydrogens (primary N) is 1. The fourth-order valence-electron chi connectivity index (χ4n) is 2.72. The highest BCUT2D eigenvalue weighted by Crippen LogP contribution is 2.28. The van der Waals surface area contributed by atoms with Crippen LogP contribution in [0.1, 0.15) is 25.2 Å². The van der Waals surface area contributed by atoms with Crippen LogP contribution in [0.5, 0.6) is 5.75 Å². The first kappa shape index (κ1) is 14.4. The Balaban J connectivity index is 2.09. The number of benzene rings is 1. The zero-order chi connectivity index (χ0) is 15.9. The minimum Gasteiger partial charge on any atom is -0.491 e. The van der Waals surface area contributed by atoms with Gasteiger partial charge >= 0.3 is 0 Å². The second-order valence-electron chi connectivity index (χ2n) is 5.83. The molecule has 4 nitrogen and oxygen atoms in total. The first-order valence-electron chi connectivity index (χ1n) is 7.48. The lowest BCUT2D eigenvalue weighted by molar-refractivity contribution is 0.242. The topological polar surface area (TPSA) is 52.5 Å². The first-order chi connectivity index (χ1) is 10.5. The summed E-state index contributed by atoms with van der Waals surface area (Å²) < 4.78 is 7.79. The van der Waals surface area contributed by atoms with Crippen molar-refractivity contribution in [2.45, 2.75) is 33.8 Å². The quantitative estimate of drug-likeness (QED) is 0.795. The van der Waals surface area contributed by atoms with Gasteiger partial charge in [0.05, 0.1) is 17.5 Å². The Hall–Kier alpha value is -2.49. The maximum Gasteiger partial charge on any atom is 0.161 e. The van der Waals surface area contributed by atoms with Crippen molar-refractivity contribution >= 4 is 11.3 Å². The third kappa shape index (κ3) is 2.41. The van der Waals surface area contributed by atoms with E-state index in [1.165, 1.54) is 0 Å². The van der Waals surface area contributed by atoms with Crippen LogP contribution in [0.3, 0.4) is 0 Å². The van der Waals surface area contributed by atoms with Gasteiger partial charge in [-0.15, -0.1) is 0 Å². The molecule has 2 heterocycles. The summed E-state index contributed by atoms with van der Waals surface area (Å²) in [6.07, 6.45) is 0.172. The van der Waals surface area contributed by atoms with E-state index in [0.717, 1.165) is 34.0 Å². The summed E-state index contributed by atoms with van der Waals surface area (Å²) in [6.45, 7) is 8.17. The van der Waals surface area contributed by atoms with E-state index in [0.29, 0.717) is 5.69 Å². The van der Waals surface area contributed by atoms with Gasteiger partial charge in [0.2, 0.25) is 0 Å². The molecule has 3 aromatic rings. The van der Waals surface area contributed by atoms with Crippen LogP contribution >= 0.6 is 0 Å². The van der Waals surface area contributed by atoms with Crippen LogP contribution in [0.15, 0.2) is 36.4 Å². The second kappa shape index (κ2) is 5.37. The zero-order valence-electron chi connectivity index (χ0n) is 13.4. The molecule has 0 bridgehead atoms. The van der Waals surface area contributed by atoms with Crippen molar-refractivity contribution in [2.24, 2.45) is 0 Å². The van der Waals surface area contributed by atoms with Crippen LogP contribution in [0, 0.1) is 13.8 Å². The van der Waals surface area contributed by atoms with Crippen molar-refractivity contribution < 1.29 is 4.74 Å². The van der Waals surface area contributed by atoms with E-state index >= 15 is 0 Å². The molecule has 22 heavy (non-hydrogen) atoms. The van der Waals surface area contributed by atoms with E-state index < -0.39 is 0 Å². The summed E-state index contributed by atoms with van der Waals surface area (Å²) in [7, 11) is 0. The van der Waals surface area contributed by atoms with E-state index in [1.807, 2.05) is 50.2 Å². The number of anilines is 1. The molecule has 0 aliphatic heterocycles. The minimum atomic E-state index is 0.172. The highest BCUT2D eigenvalue weighted by Gasteiger charge is 2.13. The number of nitrogens with zero attached hydrogens (tertiary/aromatic N) is 2. The van der Waals surface area contributed by atoms with Crippen LogP contribution < -0.4 is 10.5 Å². The van der Waals surface area contributed by atoms with Crippen molar-refractivity contribution in [1.82, 2.24) is 9.38 Å². The molecule has 4 heteroatoms. The van der Waals surface area contributed by atoms with Gasteiger partial charge in [0, 0.05) is 17.0 Å². The third-order valence-corrected chi connectivity index (χ3v) is 3.72. The number of pyridine rings is 1. The Morgan fingerprint density at radius 1 is 1.05 bits per heavy atom. The zero-order valence-corrected chi connectivity index (χ0v) is 13.4. The number of imidazole rings is 1. The molecule has 0 aliphatic carbocycles. The van der Waals surface area contributed by atoms with Gasteiger partial charge in [-0.05, 0) is 64.1 Å². The predicted octanol–water partition coefficient (Wildman–Crippen LogP) is 3.99. The van der Waals surface area contributed by atoms with Crippen LogP contribution in [-0.4, -0.2) is 15.5 Å². The van der Waals surface area contributed by atoms with Crippen LogP contribution in [-0.2, 0) is 0 Å². The summed E-state index contributed by atoms with van der Waals surface area (Å²) in [5.41, 5.74) is 11.8. The van der Waals surface area contributed by atoms with Crippen LogP contribution in [0.2, 0.25) is 0 Å². The van der Waals surface area contributed by atoms with Crippen molar-refractivity contribution in [1.29, 1.82) is 0 Å². The monoisotopic (exact) mass is 295 g/mol. The number of ether oxygens (including phenoxy) is 1. The molecule has 0 radical (unpaired) electrons. The molecule has 0 unspecified atom stereocenters. The lowest BCUT2D eigenvalue weighted by Gasteiger charge is -2.09. The van der Waals surface area contributed by atoms with Gasteiger partial charge in [-0.25, -0.2) is 4.98 Å². The molecule has 3 rings (SSSR count). The Kier molecular flexibility index (Phi) is 3.53. The van der Waals surface area contributed by atoms with Gasteiger partial charge in [-0.1, -0.05) is 0 Å². The third-order valence-electron chi connectivity index (χ3n) is 3.72. The molecule has 114 valence electrons. The first-order valence-corrected chi connectivity index (χ1v) is 7.48. The fourth-order valence-corrected chi connectivity index (χ4v) is 2.72. The molecular formula is C18H21N3O. The highest BCUT2D eigenvalue weighted by atomic mass is 16.5. The number of hydrogen-bond acceptors (Lipinski definition) is 3. The highest BCUT2D eigenvalue weighted by molar-refractivity contribution is 5.74. The van der Waals surface area contributed by atoms with Gasteiger partial charge in [-0.3, -0.25) is 4.40 Å². The normalized spacial score (nSPS) is 11.3. The fraction of sp³-hybridized carbons (Fsp3) is 0.278. The van der Waals surface area contributed by atoms with Crippen molar-refractivity contribution in [2.75, 3.05) is 5.73 Å². The molecule has 2 N–H and O–H groups in total. The maximum absolute atomic E-state index is 6.06. The summed E-state index contributed by atoms with van der Waals surface area (Å²) in [5, 5.41) is 0. The number of aryl methyl sites for hydroxylation is 2. The molecule has 0 fully saturated rings. The second-order valence-corrected chi connectivity index (χ2v) is 5.83. The van der Waals surface area contributed by atoms with Gasteiger partial charge in [0.25, 0.3) is 0 Å². The molecular weight excluding hydrogens is 274 g/mol. The van der Waals surface area contributed by atoms with E-state index in [4.69, 9.17) is 15.5 Å². The summed E-state index contributed by atoms with van der Waals surface area (Å²) in [5.74, 6) is 0.871. The number of nitrogen functional groups attached to an aromatic ring is 1. The van der Waals surface area contributed by atoms with Crippen molar-refractivity contribution in [3.63, 3.8) is 0 Å². The molecule has 1 aromatic carbocycles. The SMILES string of the molecule is Cc1ccc(N)c2nc(-c3ccc(OC(C)C)cc3)c(C)n12. The lowest BCUT2D eigenvalue weighted by Crippen LogP contribution is -2.05. The Morgan fingerprint density at radius 3 is 2.32 bits per heavy atom. The Morgan fingerprint density at radius 2 is 1.73 bits per heavy atom. The molecule has 0 atom stereocenters. The smallest absolute Gasteiger partial charge is 0.161 e. The Bertz CT molecular complexity index is 816. The maximum atomic E-state index is 6.06. The van der Waals surface area contributed by atoms with Crippen LogP contribution in [0.25, 0.3) is 16.9 Å². The summed E-state index contributed by atoms with van der Waals surface area (Å²) in [4.78, 5) is 4.73. The van der Waals surface area contributed by atoms with Gasteiger partial charge < -0.3 is 10.5 Å². The van der Waals surface area contributed by atoms with Crippen LogP contribution in [0.4, 0.5) is 5.69 Å². The summed E-state index contributed by atoms with van der Waals surface area (Å²) in [6, 6.07) is 12.0. The minimum absolute atomic E-state index is 0.172. The summed E-state index contributed by atoms with van der Waals surface area (Å²) >= 11 is 0. The van der Waals surface area contributed by atoms with Gasteiger partial charge in [0.1, 0.15) is 5.75 Å². The van der Waals surface area contributed by atoms with Gasteiger partial charge in [0.15, 0.2) is 5.65 Å². The largest absolute Gasteiger partial charge is 0.491 e. The molecule has 0 spiro atoms. The van der Waals surface area contributed by atoms with Crippen molar-refractivity contribution in [3.05, 3.63) is 47.8 Å². The molecule has 0 amide bonds. The number of rotatable bonds is 3. The standard InChI is InChI=1S/C18H21N3O/c1-11(2)22-15-8-6-14(7-9-15)17-13(4)21-12(3)5-10-16(19)18(21)20-17/h5-11H,19H2,1-4H3. The average molecular weight is 295 g/mol. The van der Waals surface area contributed by atoms with E-state index in [9.17, 15) is 0 Å². The Labute approximate surface area is 130 Å². The molecule has 0 saturated heterocycles. The number of fused-ring (bicyclic) bond motifs is 1. The molecule has 2 aromatic heterocycles. The van der Waals surface area contributed by atoms with E-state index in [-0.39, 0.29) is 6.10 Å². The molecule has 0 saturated carbocycles. The molecule has 0 aliphatic rings. The lowest BCUT2D eigenvalue weighted by atomic mass is 10.1. The average Bonchev–Trinajstić information content (AvgIpc) is 2.82.